The maximum Gasteiger partial charge on any atom is 0.0499 e. The number of hydrogen-bond donors (Lipinski definition) is 1. The van der Waals surface area contributed by atoms with Crippen molar-refractivity contribution in [1.29, 1.82) is 0 Å². The smallest absolute Gasteiger partial charge is 0.0499 e. The largest absolute Gasteiger partial charge is 0.384 e. The maximum absolute atomic E-state index is 5.04. The first-order valence-corrected chi connectivity index (χ1v) is 5.74. The second kappa shape index (κ2) is 9.36. The van der Waals surface area contributed by atoms with Gasteiger partial charge in [0.05, 0.1) is 0 Å². The molecule has 0 saturated carbocycles. The van der Waals surface area contributed by atoms with E-state index in [0.717, 1.165) is 19.7 Å². The molecule has 74 valence electrons. The van der Waals surface area contributed by atoms with Gasteiger partial charge in [0.2, 0.25) is 0 Å². The molecular weight excluding hydrogens is 170 g/mol. The first-order chi connectivity index (χ1) is 5.81. The number of methoxy groups -OCH3 is 1. The molecule has 0 fully saturated rings. The van der Waals surface area contributed by atoms with Crippen molar-refractivity contribution in [3.63, 3.8) is 0 Å². The van der Waals surface area contributed by atoms with E-state index in [-0.39, 0.29) is 0 Å². The van der Waals surface area contributed by atoms with Gasteiger partial charge in [0.1, 0.15) is 0 Å². The van der Waals surface area contributed by atoms with E-state index in [2.05, 4.69) is 19.2 Å². The Kier molecular flexibility index (Phi) is 9.57. The van der Waals surface area contributed by atoms with Crippen LogP contribution in [0.4, 0.5) is 0 Å². The molecule has 0 aromatic carbocycles. The van der Waals surface area contributed by atoms with Crippen molar-refractivity contribution < 1.29 is 4.74 Å². The van der Waals surface area contributed by atoms with Crippen molar-refractivity contribution >= 4 is 11.8 Å². The molecule has 0 aliphatic rings. The molecule has 0 aliphatic carbocycles. The van der Waals surface area contributed by atoms with Crippen LogP contribution in [0, 0.1) is 5.92 Å². The van der Waals surface area contributed by atoms with E-state index in [1.54, 1.807) is 7.11 Å². The van der Waals surface area contributed by atoms with E-state index in [9.17, 15) is 0 Å². The van der Waals surface area contributed by atoms with Crippen LogP contribution in [0.3, 0.4) is 0 Å². The average Bonchev–Trinajstić information content (AvgIpc) is 2.05. The summed E-state index contributed by atoms with van der Waals surface area (Å²) in [7, 11) is 1.75. The van der Waals surface area contributed by atoms with Gasteiger partial charge in [0.15, 0.2) is 0 Å². The van der Waals surface area contributed by atoms with Crippen LogP contribution in [-0.4, -0.2) is 38.3 Å². The molecule has 0 spiro atoms. The maximum atomic E-state index is 5.04. The topological polar surface area (TPSA) is 21.3 Å². The van der Waals surface area contributed by atoms with Crippen LogP contribution in [0.5, 0.6) is 0 Å². The molecule has 0 heterocycles. The lowest BCUT2D eigenvalue weighted by molar-refractivity contribution is 0.159. The number of rotatable bonds is 8. The highest BCUT2D eigenvalue weighted by Gasteiger charge is 1.98. The summed E-state index contributed by atoms with van der Waals surface area (Å²) in [5.74, 6) is 3.06. The lowest BCUT2D eigenvalue weighted by Gasteiger charge is -2.10. The highest BCUT2D eigenvalue weighted by molar-refractivity contribution is 7.99. The van der Waals surface area contributed by atoms with Crippen LogP contribution in [0.2, 0.25) is 0 Å². The third-order valence-electron chi connectivity index (χ3n) is 1.57. The fraction of sp³-hybridized carbons (Fsp3) is 1.00. The van der Waals surface area contributed by atoms with Gasteiger partial charge in [0.25, 0.3) is 0 Å². The minimum Gasteiger partial charge on any atom is -0.384 e. The molecule has 1 atom stereocenters. The predicted octanol–water partition coefficient (Wildman–Crippen LogP) is 1.61. The van der Waals surface area contributed by atoms with Crippen LogP contribution < -0.4 is 5.32 Å². The van der Waals surface area contributed by atoms with Crippen LogP contribution in [0.1, 0.15) is 13.8 Å². The Morgan fingerprint density at radius 3 is 2.83 bits per heavy atom. The zero-order valence-electron chi connectivity index (χ0n) is 8.43. The number of ether oxygens (including phenoxy) is 1. The monoisotopic (exact) mass is 191 g/mol. The molecule has 0 radical (unpaired) electrons. The molecule has 2 nitrogen and oxygen atoms in total. The van der Waals surface area contributed by atoms with Gasteiger partial charge in [-0.15, -0.1) is 0 Å². The lowest BCUT2D eigenvalue weighted by atomic mass is 10.2. The number of hydrogen-bond acceptors (Lipinski definition) is 3. The minimum absolute atomic E-state index is 0.627. The highest BCUT2D eigenvalue weighted by atomic mass is 32.2. The summed E-state index contributed by atoms with van der Waals surface area (Å²) in [6.45, 7) is 7.43. The van der Waals surface area contributed by atoms with Gasteiger partial charge in [-0.3, -0.25) is 0 Å². The predicted molar refractivity (Wildman–Crippen MR) is 56.9 cm³/mol. The number of thioether (sulfide) groups is 1. The first kappa shape index (κ1) is 12.3. The van der Waals surface area contributed by atoms with E-state index in [1.807, 2.05) is 11.8 Å². The molecule has 0 aliphatic heterocycles. The summed E-state index contributed by atoms with van der Waals surface area (Å²) >= 11 is 1.98. The second-order valence-corrected chi connectivity index (χ2v) is 4.36. The summed E-state index contributed by atoms with van der Waals surface area (Å²) in [6, 6.07) is 0. The van der Waals surface area contributed by atoms with Crippen LogP contribution in [0.25, 0.3) is 0 Å². The molecule has 0 amide bonds. The van der Waals surface area contributed by atoms with E-state index in [4.69, 9.17) is 4.74 Å². The first-order valence-electron chi connectivity index (χ1n) is 4.58. The van der Waals surface area contributed by atoms with Gasteiger partial charge in [-0.05, 0) is 18.2 Å². The standard InChI is InChI=1S/C9H21NOS/c1-4-12-6-5-10-7-9(2)8-11-3/h9-10H,4-8H2,1-3H3. The van der Waals surface area contributed by atoms with Crippen molar-refractivity contribution in [2.24, 2.45) is 5.92 Å². The average molecular weight is 191 g/mol. The Morgan fingerprint density at radius 2 is 2.25 bits per heavy atom. The van der Waals surface area contributed by atoms with Crippen molar-refractivity contribution in [2.75, 3.05) is 38.3 Å². The summed E-state index contributed by atoms with van der Waals surface area (Å²) in [6.07, 6.45) is 0. The molecule has 0 aromatic rings. The Morgan fingerprint density at radius 1 is 1.50 bits per heavy atom. The Bertz CT molecular complexity index is 90.6. The molecular formula is C9H21NOS. The van der Waals surface area contributed by atoms with E-state index in [1.165, 1.54) is 11.5 Å². The summed E-state index contributed by atoms with van der Waals surface area (Å²) in [5, 5.41) is 3.40. The Balaban J connectivity index is 2.97. The fourth-order valence-electron chi connectivity index (χ4n) is 0.981. The highest BCUT2D eigenvalue weighted by Crippen LogP contribution is 1.96. The SMILES string of the molecule is CCSCCNCC(C)COC. The van der Waals surface area contributed by atoms with Crippen molar-refractivity contribution in [3.8, 4) is 0 Å². The van der Waals surface area contributed by atoms with Crippen LogP contribution >= 0.6 is 11.8 Å². The normalized spacial score (nSPS) is 13.2. The van der Waals surface area contributed by atoms with E-state index < -0.39 is 0 Å². The second-order valence-electron chi connectivity index (χ2n) is 2.96. The van der Waals surface area contributed by atoms with Gasteiger partial charge in [-0.1, -0.05) is 13.8 Å². The van der Waals surface area contributed by atoms with Gasteiger partial charge in [-0.2, -0.15) is 11.8 Å². The summed E-state index contributed by atoms with van der Waals surface area (Å²) < 4.78 is 5.04. The van der Waals surface area contributed by atoms with Gasteiger partial charge in [-0.25, -0.2) is 0 Å². The van der Waals surface area contributed by atoms with Crippen LogP contribution in [0.15, 0.2) is 0 Å². The quantitative estimate of drug-likeness (QED) is 0.589. The third kappa shape index (κ3) is 8.37. The van der Waals surface area contributed by atoms with E-state index >= 15 is 0 Å². The summed E-state index contributed by atoms with van der Waals surface area (Å²) in [5.41, 5.74) is 0. The molecule has 1 N–H and O–H groups in total. The molecule has 0 aromatic heterocycles. The van der Waals surface area contributed by atoms with Gasteiger partial charge in [0, 0.05) is 26.0 Å². The molecule has 12 heavy (non-hydrogen) atoms. The van der Waals surface area contributed by atoms with Crippen molar-refractivity contribution in [1.82, 2.24) is 5.32 Å². The van der Waals surface area contributed by atoms with Crippen molar-refractivity contribution in [3.05, 3.63) is 0 Å². The summed E-state index contributed by atoms with van der Waals surface area (Å²) in [4.78, 5) is 0. The number of nitrogens with one attached hydrogen (secondary N) is 1. The third-order valence-corrected chi connectivity index (χ3v) is 2.47. The fourth-order valence-corrected chi connectivity index (χ4v) is 1.56. The zero-order valence-corrected chi connectivity index (χ0v) is 9.25. The molecule has 0 bridgehead atoms. The van der Waals surface area contributed by atoms with Crippen LogP contribution in [-0.2, 0) is 4.74 Å². The molecule has 0 rings (SSSR count). The van der Waals surface area contributed by atoms with Crippen molar-refractivity contribution in [2.45, 2.75) is 13.8 Å². The molecule has 1 unspecified atom stereocenters. The lowest BCUT2D eigenvalue weighted by Crippen LogP contribution is -2.25. The van der Waals surface area contributed by atoms with Gasteiger partial charge < -0.3 is 10.1 Å². The van der Waals surface area contributed by atoms with Gasteiger partial charge >= 0.3 is 0 Å². The minimum atomic E-state index is 0.627. The zero-order chi connectivity index (χ0) is 9.23. The molecule has 0 saturated heterocycles. The van der Waals surface area contributed by atoms with E-state index in [0.29, 0.717) is 5.92 Å². The Labute approximate surface area is 80.4 Å². The molecule has 3 heteroatoms. The Hall–Kier alpha value is 0.270.